The van der Waals surface area contributed by atoms with E-state index in [0.29, 0.717) is 37.8 Å². The Balaban J connectivity index is 1.40. The summed E-state index contributed by atoms with van der Waals surface area (Å²) in [4.78, 5) is 16.1. The summed E-state index contributed by atoms with van der Waals surface area (Å²) in [5.74, 6) is -0.660. The lowest BCUT2D eigenvalue weighted by Crippen LogP contribution is -2.49. The lowest BCUT2D eigenvalue weighted by molar-refractivity contribution is 0.0741. The Kier molecular flexibility index (Phi) is 4.72. The smallest absolute Gasteiger partial charge is 0.256 e. The fourth-order valence-corrected chi connectivity index (χ4v) is 3.12. The van der Waals surface area contributed by atoms with E-state index in [0.717, 1.165) is 17.8 Å². The molecule has 1 amide bonds. The summed E-state index contributed by atoms with van der Waals surface area (Å²) in [7, 11) is 0. The zero-order chi connectivity index (χ0) is 19.7. The predicted molar refractivity (Wildman–Crippen MR) is 98.4 cm³/mol. The topological polar surface area (TPSA) is 67.2 Å². The van der Waals surface area contributed by atoms with Crippen LogP contribution in [0.2, 0.25) is 0 Å². The molecule has 1 saturated heterocycles. The van der Waals surface area contributed by atoms with Crippen molar-refractivity contribution in [2.75, 3.05) is 31.1 Å². The van der Waals surface area contributed by atoms with E-state index in [-0.39, 0.29) is 5.56 Å². The van der Waals surface area contributed by atoms with Gasteiger partial charge in [-0.3, -0.25) is 4.79 Å². The molecule has 0 saturated carbocycles. The van der Waals surface area contributed by atoms with E-state index in [9.17, 15) is 13.6 Å². The minimum atomic E-state index is -0.845. The molecule has 1 fully saturated rings. The average Bonchev–Trinajstić information content (AvgIpc) is 3.14. The number of carbonyl (C=O) groups is 1. The molecule has 0 spiro atoms. The SMILES string of the molecule is Cc1ccn(-c2ccc(N3CCN(C(=O)c4ccc(F)cc4F)CC3)nn2)n1. The van der Waals surface area contributed by atoms with Crippen molar-refractivity contribution in [3.63, 3.8) is 0 Å². The zero-order valence-electron chi connectivity index (χ0n) is 15.2. The quantitative estimate of drug-likeness (QED) is 0.693. The first-order chi connectivity index (χ1) is 13.5. The van der Waals surface area contributed by atoms with Crippen LogP contribution >= 0.6 is 0 Å². The standard InChI is InChI=1S/C19H18F2N6O/c1-13-6-7-27(24-13)18-5-4-17(22-23-18)25-8-10-26(11-9-25)19(28)15-3-2-14(20)12-16(15)21/h2-7,12H,8-11H2,1H3. The number of nitrogens with zero attached hydrogens (tertiary/aromatic N) is 6. The molecule has 3 aromatic rings. The van der Waals surface area contributed by atoms with Gasteiger partial charge in [-0.1, -0.05) is 0 Å². The number of carbonyl (C=O) groups excluding carboxylic acids is 1. The molecular weight excluding hydrogens is 366 g/mol. The highest BCUT2D eigenvalue weighted by molar-refractivity contribution is 5.94. The number of amides is 1. The lowest BCUT2D eigenvalue weighted by Gasteiger charge is -2.35. The van der Waals surface area contributed by atoms with E-state index in [1.807, 2.05) is 36.2 Å². The second-order valence-corrected chi connectivity index (χ2v) is 6.55. The van der Waals surface area contributed by atoms with Crippen LogP contribution in [0.4, 0.5) is 14.6 Å². The lowest BCUT2D eigenvalue weighted by atomic mass is 10.1. The third-order valence-electron chi connectivity index (χ3n) is 4.65. The number of anilines is 1. The first-order valence-corrected chi connectivity index (χ1v) is 8.87. The molecule has 7 nitrogen and oxygen atoms in total. The van der Waals surface area contributed by atoms with Crippen molar-refractivity contribution in [2.45, 2.75) is 6.92 Å². The van der Waals surface area contributed by atoms with Crippen LogP contribution in [0.1, 0.15) is 16.1 Å². The van der Waals surface area contributed by atoms with Crippen molar-refractivity contribution in [1.29, 1.82) is 0 Å². The second-order valence-electron chi connectivity index (χ2n) is 6.55. The van der Waals surface area contributed by atoms with Gasteiger partial charge in [0.1, 0.15) is 11.6 Å². The van der Waals surface area contributed by atoms with Crippen LogP contribution in [0.15, 0.2) is 42.6 Å². The second kappa shape index (κ2) is 7.34. The molecule has 0 N–H and O–H groups in total. The summed E-state index contributed by atoms with van der Waals surface area (Å²) in [5, 5.41) is 12.7. The maximum absolute atomic E-state index is 13.9. The van der Waals surface area contributed by atoms with Crippen LogP contribution < -0.4 is 4.90 Å². The van der Waals surface area contributed by atoms with E-state index in [2.05, 4.69) is 15.3 Å². The zero-order valence-corrected chi connectivity index (χ0v) is 15.2. The van der Waals surface area contributed by atoms with Gasteiger partial charge in [0.2, 0.25) is 0 Å². The Morgan fingerprint density at radius 3 is 2.29 bits per heavy atom. The molecule has 9 heteroatoms. The van der Waals surface area contributed by atoms with Crippen LogP contribution in [-0.4, -0.2) is 57.0 Å². The fraction of sp³-hybridized carbons (Fsp3) is 0.263. The van der Waals surface area contributed by atoms with E-state index in [1.54, 1.807) is 9.58 Å². The van der Waals surface area contributed by atoms with Crippen molar-refractivity contribution < 1.29 is 13.6 Å². The highest BCUT2D eigenvalue weighted by atomic mass is 19.1. The van der Waals surface area contributed by atoms with Gasteiger partial charge in [0.05, 0.1) is 11.3 Å². The van der Waals surface area contributed by atoms with Gasteiger partial charge in [-0.2, -0.15) is 5.10 Å². The Bertz CT molecular complexity index is 996. The Morgan fingerprint density at radius 1 is 0.964 bits per heavy atom. The monoisotopic (exact) mass is 384 g/mol. The van der Waals surface area contributed by atoms with Gasteiger partial charge in [-0.05, 0) is 37.3 Å². The fourth-order valence-electron chi connectivity index (χ4n) is 3.12. The predicted octanol–water partition coefficient (Wildman–Crippen LogP) is 2.21. The molecule has 0 bridgehead atoms. The van der Waals surface area contributed by atoms with E-state index in [1.165, 1.54) is 6.07 Å². The summed E-state index contributed by atoms with van der Waals surface area (Å²) in [6.07, 6.45) is 1.82. The molecule has 0 unspecified atom stereocenters. The summed E-state index contributed by atoms with van der Waals surface area (Å²) < 4.78 is 28.5. The minimum absolute atomic E-state index is 0.117. The van der Waals surface area contributed by atoms with Crippen LogP contribution in [0, 0.1) is 18.6 Å². The first kappa shape index (κ1) is 18.0. The van der Waals surface area contributed by atoms with E-state index >= 15 is 0 Å². The van der Waals surface area contributed by atoms with Gasteiger partial charge in [-0.25, -0.2) is 13.5 Å². The van der Waals surface area contributed by atoms with Gasteiger partial charge in [0.25, 0.3) is 5.91 Å². The van der Waals surface area contributed by atoms with E-state index < -0.39 is 17.5 Å². The van der Waals surface area contributed by atoms with Crippen molar-refractivity contribution in [2.24, 2.45) is 0 Å². The van der Waals surface area contributed by atoms with Crippen molar-refractivity contribution in [3.05, 3.63) is 65.5 Å². The summed E-state index contributed by atoms with van der Waals surface area (Å²) >= 11 is 0. The molecule has 3 heterocycles. The van der Waals surface area contributed by atoms with Crippen LogP contribution in [0.5, 0.6) is 0 Å². The number of aryl methyl sites for hydroxylation is 1. The number of aromatic nitrogens is 4. The minimum Gasteiger partial charge on any atom is -0.352 e. The normalized spacial score (nSPS) is 14.4. The first-order valence-electron chi connectivity index (χ1n) is 8.87. The molecule has 28 heavy (non-hydrogen) atoms. The molecule has 2 aromatic heterocycles. The molecule has 0 atom stereocenters. The van der Waals surface area contributed by atoms with Crippen molar-refractivity contribution >= 4 is 11.7 Å². The third-order valence-corrected chi connectivity index (χ3v) is 4.65. The summed E-state index contributed by atoms with van der Waals surface area (Å²) in [5.41, 5.74) is 0.776. The number of rotatable bonds is 3. The highest BCUT2D eigenvalue weighted by Gasteiger charge is 2.25. The van der Waals surface area contributed by atoms with Crippen LogP contribution in [0.25, 0.3) is 5.82 Å². The Morgan fingerprint density at radius 2 is 1.68 bits per heavy atom. The van der Waals surface area contributed by atoms with Gasteiger partial charge in [-0.15, -0.1) is 10.2 Å². The Hall–Kier alpha value is -3.36. The van der Waals surface area contributed by atoms with Gasteiger partial charge >= 0.3 is 0 Å². The maximum Gasteiger partial charge on any atom is 0.256 e. The Labute approximate surface area is 160 Å². The number of halogens is 2. The largest absolute Gasteiger partial charge is 0.352 e. The molecular formula is C19H18F2N6O. The number of piperazine rings is 1. The molecule has 4 rings (SSSR count). The molecule has 1 aromatic carbocycles. The molecule has 0 radical (unpaired) electrons. The molecule has 1 aliphatic rings. The van der Waals surface area contributed by atoms with Gasteiger partial charge < -0.3 is 9.80 Å². The molecule has 0 aliphatic carbocycles. The van der Waals surface area contributed by atoms with Crippen LogP contribution in [0.3, 0.4) is 0 Å². The third kappa shape index (κ3) is 3.55. The van der Waals surface area contributed by atoms with Crippen LogP contribution in [-0.2, 0) is 0 Å². The summed E-state index contributed by atoms with van der Waals surface area (Å²) in [6, 6.07) is 8.57. The van der Waals surface area contributed by atoms with E-state index in [4.69, 9.17) is 0 Å². The van der Waals surface area contributed by atoms with Crippen molar-refractivity contribution in [1.82, 2.24) is 24.9 Å². The molecule has 144 valence electrons. The summed E-state index contributed by atoms with van der Waals surface area (Å²) in [6.45, 7) is 3.82. The maximum atomic E-state index is 13.9. The number of hydrogen-bond acceptors (Lipinski definition) is 5. The van der Waals surface area contributed by atoms with Gasteiger partial charge in [0, 0.05) is 38.4 Å². The molecule has 1 aliphatic heterocycles. The number of hydrogen-bond donors (Lipinski definition) is 0. The average molecular weight is 384 g/mol. The highest BCUT2D eigenvalue weighted by Crippen LogP contribution is 2.17. The van der Waals surface area contributed by atoms with Gasteiger partial charge in [0.15, 0.2) is 11.6 Å². The number of benzene rings is 1. The van der Waals surface area contributed by atoms with Crippen molar-refractivity contribution in [3.8, 4) is 5.82 Å².